The number of halogens is 2. The van der Waals surface area contributed by atoms with Crippen molar-refractivity contribution in [2.75, 3.05) is 17.2 Å². The molecule has 1 amide bonds. The van der Waals surface area contributed by atoms with E-state index in [1.807, 2.05) is 32.0 Å². The summed E-state index contributed by atoms with van der Waals surface area (Å²) in [5, 5.41) is 7.19. The summed E-state index contributed by atoms with van der Waals surface area (Å²) in [7, 11) is 0. The summed E-state index contributed by atoms with van der Waals surface area (Å²) in [4.78, 5) is 12.0. The van der Waals surface area contributed by atoms with Gasteiger partial charge in [-0.2, -0.15) is 0 Å². The number of benzene rings is 2. The molecular formula is C17H18Cl2N2O. The minimum Gasteiger partial charge on any atom is -0.383 e. The van der Waals surface area contributed by atoms with Crippen LogP contribution in [0.1, 0.15) is 17.5 Å². The zero-order valence-electron chi connectivity index (χ0n) is 12.5. The molecule has 22 heavy (non-hydrogen) atoms. The van der Waals surface area contributed by atoms with Gasteiger partial charge in [0.25, 0.3) is 0 Å². The molecule has 0 aliphatic rings. The zero-order chi connectivity index (χ0) is 16.1. The Balaban J connectivity index is 1.86. The molecule has 0 spiro atoms. The van der Waals surface area contributed by atoms with Crippen molar-refractivity contribution < 1.29 is 4.79 Å². The molecule has 2 aromatic carbocycles. The van der Waals surface area contributed by atoms with Crippen molar-refractivity contribution in [2.24, 2.45) is 0 Å². The van der Waals surface area contributed by atoms with Gasteiger partial charge in [-0.3, -0.25) is 4.79 Å². The number of hydrogen-bond donors (Lipinski definition) is 2. The van der Waals surface area contributed by atoms with E-state index in [4.69, 9.17) is 23.2 Å². The maximum absolute atomic E-state index is 12.0. The number of aryl methyl sites for hydroxylation is 2. The van der Waals surface area contributed by atoms with E-state index in [9.17, 15) is 4.79 Å². The van der Waals surface area contributed by atoms with E-state index in [1.165, 1.54) is 0 Å². The van der Waals surface area contributed by atoms with Crippen molar-refractivity contribution in [3.63, 3.8) is 0 Å². The van der Waals surface area contributed by atoms with Crippen LogP contribution in [0.25, 0.3) is 0 Å². The molecule has 5 heteroatoms. The van der Waals surface area contributed by atoms with Gasteiger partial charge in [0, 0.05) is 23.7 Å². The van der Waals surface area contributed by atoms with Gasteiger partial charge in [0.15, 0.2) is 0 Å². The first kappa shape index (κ1) is 16.7. The minimum absolute atomic E-state index is 0.0358. The molecule has 0 saturated heterocycles. The monoisotopic (exact) mass is 336 g/mol. The standard InChI is InChI=1S/C17H18Cl2N2O/c1-11-3-4-12(2)16(9-11)21-17(22)7-8-20-15-6-5-13(18)10-14(15)19/h3-6,9-10,20H,7-8H2,1-2H3,(H,21,22). The molecule has 0 atom stereocenters. The second-order valence-corrected chi connectivity index (χ2v) is 6.01. The van der Waals surface area contributed by atoms with Crippen molar-refractivity contribution in [1.29, 1.82) is 0 Å². The Morgan fingerprint density at radius 1 is 1.05 bits per heavy atom. The molecule has 2 aromatic rings. The molecule has 0 bridgehead atoms. The van der Waals surface area contributed by atoms with Gasteiger partial charge in [-0.05, 0) is 49.2 Å². The maximum Gasteiger partial charge on any atom is 0.226 e. The highest BCUT2D eigenvalue weighted by Gasteiger charge is 2.06. The van der Waals surface area contributed by atoms with E-state index in [1.54, 1.807) is 18.2 Å². The van der Waals surface area contributed by atoms with Crippen LogP contribution in [-0.2, 0) is 4.79 Å². The highest BCUT2D eigenvalue weighted by atomic mass is 35.5. The lowest BCUT2D eigenvalue weighted by atomic mass is 10.1. The van der Waals surface area contributed by atoms with Crippen molar-refractivity contribution >= 4 is 40.5 Å². The van der Waals surface area contributed by atoms with Crippen molar-refractivity contribution in [1.82, 2.24) is 0 Å². The molecule has 0 aliphatic carbocycles. The Bertz CT molecular complexity index is 686. The fourth-order valence-corrected chi connectivity index (χ4v) is 2.50. The third-order valence-electron chi connectivity index (χ3n) is 3.27. The smallest absolute Gasteiger partial charge is 0.226 e. The van der Waals surface area contributed by atoms with Crippen LogP contribution in [0.2, 0.25) is 10.0 Å². The van der Waals surface area contributed by atoms with Gasteiger partial charge >= 0.3 is 0 Å². The van der Waals surface area contributed by atoms with Crippen LogP contribution in [-0.4, -0.2) is 12.5 Å². The molecule has 0 aliphatic heterocycles. The zero-order valence-corrected chi connectivity index (χ0v) is 14.1. The normalized spacial score (nSPS) is 10.4. The molecule has 0 heterocycles. The first-order valence-corrected chi connectivity index (χ1v) is 7.77. The summed E-state index contributed by atoms with van der Waals surface area (Å²) in [6.07, 6.45) is 0.354. The summed E-state index contributed by atoms with van der Waals surface area (Å²) >= 11 is 11.9. The van der Waals surface area contributed by atoms with Gasteiger partial charge < -0.3 is 10.6 Å². The average Bonchev–Trinajstić information content (AvgIpc) is 2.45. The molecule has 116 valence electrons. The number of amides is 1. The van der Waals surface area contributed by atoms with E-state index < -0.39 is 0 Å². The molecule has 0 unspecified atom stereocenters. The Labute approximate surface area is 140 Å². The van der Waals surface area contributed by atoms with Crippen molar-refractivity contribution in [3.8, 4) is 0 Å². The first-order chi connectivity index (χ1) is 10.5. The predicted octanol–water partition coefficient (Wildman–Crippen LogP) is 5.05. The van der Waals surface area contributed by atoms with Crippen molar-refractivity contribution in [3.05, 3.63) is 57.6 Å². The lowest BCUT2D eigenvalue weighted by Gasteiger charge is -2.11. The fraction of sp³-hybridized carbons (Fsp3) is 0.235. The summed E-state index contributed by atoms with van der Waals surface area (Å²) in [6.45, 7) is 4.47. The lowest BCUT2D eigenvalue weighted by molar-refractivity contribution is -0.115. The molecule has 0 saturated carbocycles. The second kappa shape index (κ2) is 7.52. The quantitative estimate of drug-likeness (QED) is 0.801. The number of carbonyl (C=O) groups is 1. The summed E-state index contributed by atoms with van der Waals surface area (Å²) in [6, 6.07) is 11.2. The van der Waals surface area contributed by atoms with Crippen LogP contribution in [0, 0.1) is 13.8 Å². The Morgan fingerprint density at radius 2 is 1.82 bits per heavy atom. The fourth-order valence-electron chi connectivity index (χ4n) is 2.03. The van der Waals surface area contributed by atoms with Gasteiger partial charge in [-0.15, -0.1) is 0 Å². The Kier molecular flexibility index (Phi) is 5.69. The SMILES string of the molecule is Cc1ccc(C)c(NC(=O)CCNc2ccc(Cl)cc2Cl)c1. The summed E-state index contributed by atoms with van der Waals surface area (Å²) in [5.74, 6) is -0.0358. The third-order valence-corrected chi connectivity index (χ3v) is 3.81. The van der Waals surface area contributed by atoms with Gasteiger partial charge in [0.05, 0.1) is 10.7 Å². The number of hydrogen-bond acceptors (Lipinski definition) is 2. The van der Waals surface area contributed by atoms with E-state index in [0.717, 1.165) is 22.5 Å². The van der Waals surface area contributed by atoms with Gasteiger partial charge in [-0.1, -0.05) is 35.3 Å². The van der Waals surface area contributed by atoms with E-state index in [-0.39, 0.29) is 5.91 Å². The molecule has 0 aromatic heterocycles. The number of nitrogens with one attached hydrogen (secondary N) is 2. The van der Waals surface area contributed by atoms with Crippen LogP contribution >= 0.6 is 23.2 Å². The summed E-state index contributed by atoms with van der Waals surface area (Å²) < 4.78 is 0. The second-order valence-electron chi connectivity index (χ2n) is 5.17. The molecule has 2 rings (SSSR count). The van der Waals surface area contributed by atoms with Crippen LogP contribution in [0.4, 0.5) is 11.4 Å². The highest BCUT2D eigenvalue weighted by molar-refractivity contribution is 6.36. The number of rotatable bonds is 5. The molecule has 0 fully saturated rings. The van der Waals surface area contributed by atoms with E-state index in [0.29, 0.717) is 23.0 Å². The van der Waals surface area contributed by atoms with Crippen LogP contribution in [0.5, 0.6) is 0 Å². The minimum atomic E-state index is -0.0358. The Hall–Kier alpha value is -1.71. The van der Waals surface area contributed by atoms with E-state index >= 15 is 0 Å². The van der Waals surface area contributed by atoms with Crippen molar-refractivity contribution in [2.45, 2.75) is 20.3 Å². The predicted molar refractivity (Wildman–Crippen MR) is 94.1 cm³/mol. The lowest BCUT2D eigenvalue weighted by Crippen LogP contribution is -2.17. The molecule has 2 N–H and O–H groups in total. The largest absolute Gasteiger partial charge is 0.383 e. The molecular weight excluding hydrogens is 319 g/mol. The molecule has 0 radical (unpaired) electrons. The highest BCUT2D eigenvalue weighted by Crippen LogP contribution is 2.25. The van der Waals surface area contributed by atoms with Crippen LogP contribution < -0.4 is 10.6 Å². The van der Waals surface area contributed by atoms with Crippen LogP contribution in [0.15, 0.2) is 36.4 Å². The maximum atomic E-state index is 12.0. The van der Waals surface area contributed by atoms with Crippen LogP contribution in [0.3, 0.4) is 0 Å². The molecule has 3 nitrogen and oxygen atoms in total. The topological polar surface area (TPSA) is 41.1 Å². The third kappa shape index (κ3) is 4.65. The number of carbonyl (C=O) groups excluding carboxylic acids is 1. The van der Waals surface area contributed by atoms with E-state index in [2.05, 4.69) is 10.6 Å². The van der Waals surface area contributed by atoms with Gasteiger partial charge in [0.2, 0.25) is 5.91 Å². The average molecular weight is 337 g/mol. The summed E-state index contributed by atoms with van der Waals surface area (Å²) in [5.41, 5.74) is 3.79. The number of anilines is 2. The van der Waals surface area contributed by atoms with Gasteiger partial charge in [-0.25, -0.2) is 0 Å². The Morgan fingerprint density at radius 3 is 2.55 bits per heavy atom. The first-order valence-electron chi connectivity index (χ1n) is 7.02. The van der Waals surface area contributed by atoms with Gasteiger partial charge in [0.1, 0.15) is 0 Å².